The summed E-state index contributed by atoms with van der Waals surface area (Å²) in [4.78, 5) is 12.7. The SMILES string of the molecule is O=C(Cc1ccc2ccccc2c1)C1CC2CCCC(C1)S2. The van der Waals surface area contributed by atoms with Gasteiger partial charge in [0.25, 0.3) is 0 Å². The van der Waals surface area contributed by atoms with Crippen molar-refractivity contribution in [1.29, 1.82) is 0 Å². The van der Waals surface area contributed by atoms with Gasteiger partial charge in [0.2, 0.25) is 0 Å². The van der Waals surface area contributed by atoms with Crippen LogP contribution in [0.1, 0.15) is 37.7 Å². The van der Waals surface area contributed by atoms with Crippen molar-refractivity contribution in [3.63, 3.8) is 0 Å². The lowest BCUT2D eigenvalue weighted by Crippen LogP contribution is -2.33. The van der Waals surface area contributed by atoms with Crippen molar-refractivity contribution in [2.24, 2.45) is 5.92 Å². The van der Waals surface area contributed by atoms with Crippen molar-refractivity contribution in [2.75, 3.05) is 0 Å². The van der Waals surface area contributed by atoms with Crippen LogP contribution in [0.25, 0.3) is 10.8 Å². The van der Waals surface area contributed by atoms with Gasteiger partial charge in [0.1, 0.15) is 5.78 Å². The Morgan fingerprint density at radius 1 is 1.00 bits per heavy atom. The van der Waals surface area contributed by atoms with Gasteiger partial charge in [-0.1, -0.05) is 48.9 Å². The Kier molecular flexibility index (Phi) is 3.96. The molecular formula is C20H22OS. The number of ketones is 1. The summed E-state index contributed by atoms with van der Waals surface area (Å²) in [6, 6.07) is 14.8. The molecule has 1 nitrogen and oxygen atoms in total. The zero-order valence-corrected chi connectivity index (χ0v) is 13.6. The monoisotopic (exact) mass is 310 g/mol. The first kappa shape index (κ1) is 14.3. The van der Waals surface area contributed by atoms with E-state index >= 15 is 0 Å². The van der Waals surface area contributed by atoms with Crippen LogP contribution >= 0.6 is 11.8 Å². The summed E-state index contributed by atoms with van der Waals surface area (Å²) in [5.41, 5.74) is 1.17. The molecule has 2 heterocycles. The van der Waals surface area contributed by atoms with E-state index in [0.717, 1.165) is 23.3 Å². The maximum Gasteiger partial charge on any atom is 0.140 e. The number of benzene rings is 2. The molecule has 22 heavy (non-hydrogen) atoms. The van der Waals surface area contributed by atoms with Crippen molar-refractivity contribution in [3.05, 3.63) is 48.0 Å². The predicted molar refractivity (Wildman–Crippen MR) is 94.4 cm³/mol. The van der Waals surface area contributed by atoms with Crippen LogP contribution < -0.4 is 0 Å². The molecule has 0 radical (unpaired) electrons. The van der Waals surface area contributed by atoms with Gasteiger partial charge < -0.3 is 0 Å². The van der Waals surface area contributed by atoms with E-state index in [1.54, 1.807) is 0 Å². The standard InChI is InChI=1S/C20H22OS/c21-20(17-12-18-6-3-7-19(13-17)22-18)11-14-8-9-15-4-1-2-5-16(15)10-14/h1-2,4-5,8-10,17-19H,3,6-7,11-13H2. The van der Waals surface area contributed by atoms with E-state index in [2.05, 4.69) is 54.2 Å². The van der Waals surface area contributed by atoms with Crippen molar-refractivity contribution < 1.29 is 4.79 Å². The van der Waals surface area contributed by atoms with Gasteiger partial charge in [0, 0.05) is 22.8 Å². The van der Waals surface area contributed by atoms with Crippen LogP contribution in [-0.4, -0.2) is 16.3 Å². The van der Waals surface area contributed by atoms with E-state index in [4.69, 9.17) is 0 Å². The summed E-state index contributed by atoms with van der Waals surface area (Å²) in [6.45, 7) is 0. The molecule has 2 aliphatic heterocycles. The number of carbonyl (C=O) groups is 1. The maximum absolute atomic E-state index is 12.7. The first-order valence-corrected chi connectivity index (χ1v) is 9.38. The van der Waals surface area contributed by atoms with Crippen LogP contribution in [0.4, 0.5) is 0 Å². The van der Waals surface area contributed by atoms with E-state index in [-0.39, 0.29) is 0 Å². The molecular weight excluding hydrogens is 288 g/mol. The zero-order valence-electron chi connectivity index (χ0n) is 12.8. The van der Waals surface area contributed by atoms with E-state index in [0.29, 0.717) is 18.1 Å². The highest BCUT2D eigenvalue weighted by atomic mass is 32.2. The van der Waals surface area contributed by atoms with E-state index in [9.17, 15) is 4.79 Å². The van der Waals surface area contributed by atoms with Gasteiger partial charge in [-0.25, -0.2) is 0 Å². The zero-order chi connectivity index (χ0) is 14.9. The lowest BCUT2D eigenvalue weighted by Gasteiger charge is -2.38. The Morgan fingerprint density at radius 2 is 1.73 bits per heavy atom. The van der Waals surface area contributed by atoms with E-state index in [1.165, 1.54) is 35.6 Å². The average Bonchev–Trinajstić information content (AvgIpc) is 2.54. The number of fused-ring (bicyclic) bond motifs is 3. The topological polar surface area (TPSA) is 17.1 Å². The highest BCUT2D eigenvalue weighted by Gasteiger charge is 2.35. The van der Waals surface area contributed by atoms with Crippen LogP contribution in [0.5, 0.6) is 0 Å². The van der Waals surface area contributed by atoms with Crippen LogP contribution in [0.3, 0.4) is 0 Å². The fourth-order valence-electron chi connectivity index (χ4n) is 4.02. The highest BCUT2D eigenvalue weighted by molar-refractivity contribution is 8.00. The Labute approximate surface area is 136 Å². The molecule has 2 aromatic carbocycles. The molecule has 2 saturated heterocycles. The second-order valence-electron chi connectivity index (χ2n) is 6.80. The molecule has 0 N–H and O–H groups in total. The second-order valence-corrected chi connectivity index (χ2v) is 8.41. The van der Waals surface area contributed by atoms with Crippen molar-refractivity contribution in [1.82, 2.24) is 0 Å². The Hall–Kier alpha value is -1.28. The van der Waals surface area contributed by atoms with Gasteiger partial charge in [-0.15, -0.1) is 0 Å². The Morgan fingerprint density at radius 3 is 2.50 bits per heavy atom. The molecule has 0 amide bonds. The fraction of sp³-hybridized carbons (Fsp3) is 0.450. The molecule has 0 aliphatic carbocycles. The number of hydrogen-bond donors (Lipinski definition) is 0. The summed E-state index contributed by atoms with van der Waals surface area (Å²) in [6.07, 6.45) is 6.86. The van der Waals surface area contributed by atoms with Gasteiger partial charge >= 0.3 is 0 Å². The van der Waals surface area contributed by atoms with Gasteiger partial charge in [-0.3, -0.25) is 4.79 Å². The predicted octanol–water partition coefficient (Wildman–Crippen LogP) is 5.02. The minimum absolute atomic E-state index is 0.308. The van der Waals surface area contributed by atoms with Crippen LogP contribution in [0.2, 0.25) is 0 Å². The minimum atomic E-state index is 0.308. The third-order valence-corrected chi connectivity index (χ3v) is 6.81. The number of thioether (sulfide) groups is 1. The molecule has 0 aromatic heterocycles. The van der Waals surface area contributed by atoms with Crippen LogP contribution in [0, 0.1) is 5.92 Å². The van der Waals surface area contributed by atoms with Crippen molar-refractivity contribution in [3.8, 4) is 0 Å². The first-order chi connectivity index (χ1) is 10.8. The maximum atomic E-state index is 12.7. The molecule has 2 unspecified atom stereocenters. The molecule has 114 valence electrons. The molecule has 4 rings (SSSR count). The Balaban J connectivity index is 1.48. The lowest BCUT2D eigenvalue weighted by atomic mass is 9.84. The number of carbonyl (C=O) groups excluding carboxylic acids is 1. The van der Waals surface area contributed by atoms with E-state index < -0.39 is 0 Å². The van der Waals surface area contributed by atoms with Gasteiger partial charge in [0.05, 0.1) is 0 Å². The smallest absolute Gasteiger partial charge is 0.140 e. The molecule has 2 heteroatoms. The van der Waals surface area contributed by atoms with Crippen LogP contribution in [0.15, 0.2) is 42.5 Å². The molecule has 2 atom stereocenters. The number of rotatable bonds is 3. The van der Waals surface area contributed by atoms with Gasteiger partial charge in [-0.2, -0.15) is 11.8 Å². The number of Topliss-reactive ketones (excluding diaryl/α,β-unsaturated/α-hetero) is 1. The highest BCUT2D eigenvalue weighted by Crippen LogP contribution is 2.44. The largest absolute Gasteiger partial charge is 0.299 e. The summed E-state index contributed by atoms with van der Waals surface area (Å²) in [5.74, 6) is 0.774. The second kappa shape index (κ2) is 6.08. The average molecular weight is 310 g/mol. The summed E-state index contributed by atoms with van der Waals surface area (Å²) >= 11 is 2.15. The summed E-state index contributed by atoms with van der Waals surface area (Å²) in [5, 5.41) is 3.99. The minimum Gasteiger partial charge on any atom is -0.299 e. The molecule has 0 saturated carbocycles. The normalized spacial score (nSPS) is 27.7. The van der Waals surface area contributed by atoms with Gasteiger partial charge in [-0.05, 0) is 42.0 Å². The molecule has 0 spiro atoms. The molecule has 2 bridgehead atoms. The number of hydrogen-bond acceptors (Lipinski definition) is 2. The first-order valence-electron chi connectivity index (χ1n) is 8.44. The molecule has 2 fully saturated rings. The summed E-state index contributed by atoms with van der Waals surface area (Å²) < 4.78 is 0. The fourth-order valence-corrected chi connectivity index (χ4v) is 5.85. The quantitative estimate of drug-likeness (QED) is 0.792. The van der Waals surface area contributed by atoms with Crippen LogP contribution in [-0.2, 0) is 11.2 Å². The van der Waals surface area contributed by atoms with Crippen molar-refractivity contribution >= 4 is 28.3 Å². The van der Waals surface area contributed by atoms with Crippen molar-refractivity contribution in [2.45, 2.75) is 49.0 Å². The van der Waals surface area contributed by atoms with E-state index in [1.807, 2.05) is 0 Å². The summed E-state index contributed by atoms with van der Waals surface area (Å²) in [7, 11) is 0. The molecule has 2 aliphatic rings. The lowest BCUT2D eigenvalue weighted by molar-refractivity contribution is -0.122. The molecule has 2 aromatic rings. The van der Waals surface area contributed by atoms with Gasteiger partial charge in [0.15, 0.2) is 0 Å². The third kappa shape index (κ3) is 2.94. The third-order valence-electron chi connectivity index (χ3n) is 5.18. The Bertz CT molecular complexity index is 681.